The predicted molar refractivity (Wildman–Crippen MR) is 103 cm³/mol. The second-order valence-corrected chi connectivity index (χ2v) is 6.99. The number of anilines is 1. The summed E-state index contributed by atoms with van der Waals surface area (Å²) in [5, 5.41) is 2.79. The van der Waals surface area contributed by atoms with Gasteiger partial charge in [0, 0.05) is 11.3 Å². The number of carbonyl (C=O) groups excluding carboxylic acids is 1. The maximum atomic E-state index is 12.9. The Hall–Kier alpha value is -2.73. The molecule has 1 aromatic heterocycles. The van der Waals surface area contributed by atoms with Crippen molar-refractivity contribution in [3.8, 4) is 11.3 Å². The van der Waals surface area contributed by atoms with E-state index in [0.717, 1.165) is 23.8 Å². The van der Waals surface area contributed by atoms with Gasteiger partial charge in [-0.25, -0.2) is 0 Å². The fourth-order valence-electron chi connectivity index (χ4n) is 2.64. The van der Waals surface area contributed by atoms with Crippen molar-refractivity contribution in [2.45, 2.75) is 25.9 Å². The van der Waals surface area contributed by atoms with Crippen molar-refractivity contribution in [3.05, 3.63) is 76.5 Å². The molecule has 0 unspecified atom stereocenters. The van der Waals surface area contributed by atoms with Crippen LogP contribution in [0.4, 0.5) is 18.9 Å². The molecule has 7 heteroatoms. The van der Waals surface area contributed by atoms with E-state index in [2.05, 4.69) is 19.2 Å². The van der Waals surface area contributed by atoms with Crippen LogP contribution in [0.1, 0.15) is 41.4 Å². The fraction of sp³-hybridized carbons (Fsp3) is 0.190. The predicted octanol–water partition coefficient (Wildman–Crippen LogP) is 6.99. The van der Waals surface area contributed by atoms with Gasteiger partial charge in [0.1, 0.15) is 5.76 Å². The highest BCUT2D eigenvalue weighted by Crippen LogP contribution is 2.36. The quantitative estimate of drug-likeness (QED) is 0.506. The molecule has 0 fully saturated rings. The molecule has 146 valence electrons. The van der Waals surface area contributed by atoms with Crippen molar-refractivity contribution >= 4 is 23.2 Å². The highest BCUT2D eigenvalue weighted by molar-refractivity contribution is 6.33. The van der Waals surface area contributed by atoms with Gasteiger partial charge in [-0.2, -0.15) is 13.2 Å². The summed E-state index contributed by atoms with van der Waals surface area (Å²) in [4.78, 5) is 12.4. The Morgan fingerprint density at radius 2 is 1.71 bits per heavy atom. The Kier molecular flexibility index (Phi) is 5.52. The lowest BCUT2D eigenvalue weighted by molar-refractivity contribution is -0.137. The van der Waals surface area contributed by atoms with E-state index in [-0.39, 0.29) is 22.1 Å². The molecule has 1 amide bonds. The zero-order valence-corrected chi connectivity index (χ0v) is 15.9. The molecule has 0 aliphatic carbocycles. The van der Waals surface area contributed by atoms with Gasteiger partial charge >= 0.3 is 6.18 Å². The van der Waals surface area contributed by atoms with E-state index in [4.69, 9.17) is 16.0 Å². The molecular formula is C21H17ClF3NO2. The number of furan rings is 1. The molecule has 0 saturated carbocycles. The third kappa shape index (κ3) is 4.39. The molecule has 0 saturated heterocycles. The number of amides is 1. The molecule has 1 heterocycles. The Labute approximate surface area is 165 Å². The van der Waals surface area contributed by atoms with Crippen LogP contribution in [-0.4, -0.2) is 5.91 Å². The average Bonchev–Trinajstić information content (AvgIpc) is 3.11. The molecule has 2 aromatic carbocycles. The molecule has 28 heavy (non-hydrogen) atoms. The van der Waals surface area contributed by atoms with Gasteiger partial charge in [-0.1, -0.05) is 37.6 Å². The lowest BCUT2D eigenvalue weighted by atomic mass is 10.0. The fourth-order valence-corrected chi connectivity index (χ4v) is 2.85. The summed E-state index contributed by atoms with van der Waals surface area (Å²) in [6, 6.07) is 13.1. The topological polar surface area (TPSA) is 42.2 Å². The van der Waals surface area contributed by atoms with E-state index >= 15 is 0 Å². The zero-order valence-electron chi connectivity index (χ0n) is 15.1. The third-order valence-corrected chi connectivity index (χ3v) is 4.55. The standard InChI is InChI=1S/C21H17ClF3NO2/c1-12(2)13-3-6-15(7-4-13)26-20(27)19-10-9-18(28-19)16-11-14(21(23,24)25)5-8-17(16)22/h3-12H,1-2H3,(H,26,27). The molecule has 3 nitrogen and oxygen atoms in total. The minimum atomic E-state index is -4.51. The zero-order chi connectivity index (χ0) is 20.5. The molecule has 3 aromatic rings. The van der Waals surface area contributed by atoms with Gasteiger partial charge < -0.3 is 9.73 Å². The molecule has 1 N–H and O–H groups in total. The summed E-state index contributed by atoms with van der Waals surface area (Å²) in [6.07, 6.45) is -4.51. The number of hydrogen-bond donors (Lipinski definition) is 1. The monoisotopic (exact) mass is 407 g/mol. The van der Waals surface area contributed by atoms with Crippen molar-refractivity contribution < 1.29 is 22.4 Å². The van der Waals surface area contributed by atoms with E-state index < -0.39 is 17.6 Å². The summed E-state index contributed by atoms with van der Waals surface area (Å²) in [7, 11) is 0. The molecule has 0 aliphatic heterocycles. The Balaban J connectivity index is 1.81. The van der Waals surface area contributed by atoms with Crippen LogP contribution in [0.2, 0.25) is 5.02 Å². The molecule has 0 radical (unpaired) electrons. The summed E-state index contributed by atoms with van der Waals surface area (Å²) in [5.41, 5.74) is 0.943. The Morgan fingerprint density at radius 3 is 2.32 bits per heavy atom. The van der Waals surface area contributed by atoms with Gasteiger partial charge in [0.05, 0.1) is 10.6 Å². The van der Waals surface area contributed by atoms with Crippen molar-refractivity contribution in [2.75, 3.05) is 5.32 Å². The summed E-state index contributed by atoms with van der Waals surface area (Å²) in [5.74, 6) is -0.0888. The second-order valence-electron chi connectivity index (χ2n) is 6.59. The van der Waals surface area contributed by atoms with Crippen molar-refractivity contribution in [1.82, 2.24) is 0 Å². The Morgan fingerprint density at radius 1 is 1.04 bits per heavy atom. The maximum absolute atomic E-state index is 12.9. The van der Waals surface area contributed by atoms with E-state index in [1.165, 1.54) is 12.1 Å². The van der Waals surface area contributed by atoms with Crippen LogP contribution in [-0.2, 0) is 6.18 Å². The number of alkyl halides is 3. The van der Waals surface area contributed by atoms with Crippen LogP contribution in [0.25, 0.3) is 11.3 Å². The first kappa shape index (κ1) is 20.0. The van der Waals surface area contributed by atoms with Crippen LogP contribution in [0.3, 0.4) is 0 Å². The lowest BCUT2D eigenvalue weighted by Crippen LogP contribution is -2.10. The second kappa shape index (κ2) is 7.72. The minimum Gasteiger partial charge on any atom is -0.451 e. The number of hydrogen-bond acceptors (Lipinski definition) is 2. The Bertz CT molecular complexity index is 992. The lowest BCUT2D eigenvalue weighted by Gasteiger charge is -2.09. The maximum Gasteiger partial charge on any atom is 0.416 e. The van der Waals surface area contributed by atoms with Gasteiger partial charge in [0.25, 0.3) is 5.91 Å². The van der Waals surface area contributed by atoms with Crippen molar-refractivity contribution in [3.63, 3.8) is 0 Å². The molecule has 3 rings (SSSR count). The summed E-state index contributed by atoms with van der Waals surface area (Å²) < 4.78 is 44.2. The van der Waals surface area contributed by atoms with Crippen LogP contribution < -0.4 is 5.32 Å². The number of halogens is 4. The number of carbonyl (C=O) groups is 1. The summed E-state index contributed by atoms with van der Waals surface area (Å²) >= 11 is 6.01. The summed E-state index contributed by atoms with van der Waals surface area (Å²) in [6.45, 7) is 4.13. The van der Waals surface area contributed by atoms with Crippen molar-refractivity contribution in [1.29, 1.82) is 0 Å². The first-order valence-electron chi connectivity index (χ1n) is 8.53. The van der Waals surface area contributed by atoms with E-state index in [0.29, 0.717) is 11.6 Å². The SMILES string of the molecule is CC(C)c1ccc(NC(=O)c2ccc(-c3cc(C(F)(F)F)ccc3Cl)o2)cc1. The molecule has 0 spiro atoms. The highest BCUT2D eigenvalue weighted by Gasteiger charge is 2.31. The van der Waals surface area contributed by atoms with Gasteiger partial charge in [-0.15, -0.1) is 0 Å². The molecule has 0 bridgehead atoms. The van der Waals surface area contributed by atoms with Crippen LogP contribution in [0.5, 0.6) is 0 Å². The van der Waals surface area contributed by atoms with Gasteiger partial charge in [-0.3, -0.25) is 4.79 Å². The number of benzene rings is 2. The van der Waals surface area contributed by atoms with Crippen LogP contribution in [0.15, 0.2) is 59.0 Å². The van der Waals surface area contributed by atoms with E-state index in [1.807, 2.05) is 12.1 Å². The first-order chi connectivity index (χ1) is 13.1. The molecule has 0 aliphatic rings. The van der Waals surface area contributed by atoms with Crippen molar-refractivity contribution in [2.24, 2.45) is 0 Å². The number of nitrogens with one attached hydrogen (secondary N) is 1. The third-order valence-electron chi connectivity index (χ3n) is 4.22. The highest BCUT2D eigenvalue weighted by atomic mass is 35.5. The minimum absolute atomic E-state index is 0.0311. The smallest absolute Gasteiger partial charge is 0.416 e. The van der Waals surface area contributed by atoms with Crippen LogP contribution >= 0.6 is 11.6 Å². The first-order valence-corrected chi connectivity index (χ1v) is 8.91. The van der Waals surface area contributed by atoms with Gasteiger partial charge in [0.15, 0.2) is 5.76 Å². The van der Waals surface area contributed by atoms with E-state index in [1.54, 1.807) is 12.1 Å². The van der Waals surface area contributed by atoms with Gasteiger partial charge in [-0.05, 0) is 53.9 Å². The number of rotatable bonds is 4. The normalized spacial score (nSPS) is 11.7. The average molecular weight is 408 g/mol. The van der Waals surface area contributed by atoms with Crippen LogP contribution in [0, 0.1) is 0 Å². The largest absolute Gasteiger partial charge is 0.451 e. The molecule has 0 atom stereocenters. The molecular weight excluding hydrogens is 391 g/mol. The van der Waals surface area contributed by atoms with Gasteiger partial charge in [0.2, 0.25) is 0 Å². The van der Waals surface area contributed by atoms with E-state index in [9.17, 15) is 18.0 Å².